The fraction of sp³-hybridized carbons (Fsp3) is 0.286. The lowest BCUT2D eigenvalue weighted by Gasteiger charge is -2.12. The van der Waals surface area contributed by atoms with E-state index in [1.54, 1.807) is 13.1 Å². The summed E-state index contributed by atoms with van der Waals surface area (Å²) >= 11 is 0. The highest BCUT2D eigenvalue weighted by atomic mass is 16.5. The van der Waals surface area contributed by atoms with Crippen LogP contribution in [0.1, 0.15) is 37.3 Å². The number of aromatic nitrogens is 1. The number of nitrogens with zero attached hydrogens (tertiary/aromatic N) is 3. The van der Waals surface area contributed by atoms with Crippen molar-refractivity contribution >= 4 is 23.3 Å². The zero-order chi connectivity index (χ0) is 25.8. The predicted molar refractivity (Wildman–Crippen MR) is 144 cm³/mol. The second kappa shape index (κ2) is 13.7. The fourth-order valence-electron chi connectivity index (χ4n) is 3.48. The molecule has 1 heterocycles. The number of nitrogens with two attached hydrogens (primary N) is 1. The van der Waals surface area contributed by atoms with Crippen LogP contribution >= 0.6 is 0 Å². The zero-order valence-electron chi connectivity index (χ0n) is 20.8. The van der Waals surface area contributed by atoms with E-state index >= 15 is 0 Å². The van der Waals surface area contributed by atoms with Gasteiger partial charge in [0.1, 0.15) is 23.1 Å². The van der Waals surface area contributed by atoms with E-state index in [2.05, 4.69) is 20.5 Å². The summed E-state index contributed by atoms with van der Waals surface area (Å²) in [6.07, 6.45) is 4.70. The van der Waals surface area contributed by atoms with Gasteiger partial charge in [0.15, 0.2) is 0 Å². The maximum absolute atomic E-state index is 12.6. The van der Waals surface area contributed by atoms with Gasteiger partial charge in [0.25, 0.3) is 5.91 Å². The molecule has 1 aromatic heterocycles. The lowest BCUT2D eigenvalue weighted by Crippen LogP contribution is -2.21. The van der Waals surface area contributed by atoms with Gasteiger partial charge in [-0.2, -0.15) is 0 Å². The van der Waals surface area contributed by atoms with Crippen molar-refractivity contribution in [2.75, 3.05) is 18.5 Å². The number of amidine groups is 1. The highest BCUT2D eigenvalue weighted by Crippen LogP contribution is 2.29. The van der Waals surface area contributed by atoms with Crippen LogP contribution in [-0.2, 0) is 11.2 Å². The number of hydrogen-bond donors (Lipinski definition) is 3. The molecule has 0 saturated heterocycles. The van der Waals surface area contributed by atoms with Gasteiger partial charge in [-0.15, -0.1) is 10.2 Å². The van der Waals surface area contributed by atoms with E-state index in [4.69, 9.17) is 15.6 Å². The number of unbranched alkanes of at least 4 members (excludes halogenated alkanes) is 2. The molecular formula is C28H33N5O3. The van der Waals surface area contributed by atoms with Crippen LogP contribution in [0.4, 0.5) is 5.82 Å². The third-order valence-electron chi connectivity index (χ3n) is 5.48. The van der Waals surface area contributed by atoms with E-state index in [0.717, 1.165) is 47.3 Å². The number of pyridine rings is 1. The maximum atomic E-state index is 12.6. The van der Waals surface area contributed by atoms with E-state index < -0.39 is 5.91 Å². The largest absolute Gasteiger partial charge is 0.494 e. The Hall–Kier alpha value is -4.04. The van der Waals surface area contributed by atoms with Crippen LogP contribution < -0.4 is 15.8 Å². The molecule has 8 nitrogen and oxygen atoms in total. The standard InChI is InChI=1S/C28H33N5O3/c1-20-11-12-24(36-16-8-4-7-15-34)19-25(20)23-13-14-30-27(18-23)31-28(35)21(2)32-33-26(29)17-22-9-5-3-6-10-22/h3,5-6,9-14,18-19,34H,4,7-8,15-17H2,1-2H3,(H2,29,33)(H,30,31,35)/b32-21+. The number of benzene rings is 2. The Balaban J connectivity index is 1.65. The number of anilines is 1. The first-order valence-corrected chi connectivity index (χ1v) is 12.0. The first kappa shape index (κ1) is 26.6. The third-order valence-corrected chi connectivity index (χ3v) is 5.48. The quantitative estimate of drug-likeness (QED) is 0.150. The molecule has 0 unspecified atom stereocenters. The number of aliphatic hydroxyl groups excluding tert-OH is 1. The minimum Gasteiger partial charge on any atom is -0.494 e. The van der Waals surface area contributed by atoms with Gasteiger partial charge in [0, 0.05) is 19.2 Å². The highest BCUT2D eigenvalue weighted by molar-refractivity contribution is 6.42. The van der Waals surface area contributed by atoms with Crippen LogP contribution in [-0.4, -0.2) is 40.8 Å². The maximum Gasteiger partial charge on any atom is 0.272 e. The molecule has 0 spiro atoms. The van der Waals surface area contributed by atoms with Crippen molar-refractivity contribution in [2.45, 2.75) is 39.5 Å². The summed E-state index contributed by atoms with van der Waals surface area (Å²) in [5.74, 6) is 1.09. The summed E-state index contributed by atoms with van der Waals surface area (Å²) < 4.78 is 5.87. The number of ether oxygens (including phenoxy) is 1. The first-order valence-electron chi connectivity index (χ1n) is 12.0. The average Bonchev–Trinajstić information content (AvgIpc) is 2.88. The van der Waals surface area contributed by atoms with Crippen molar-refractivity contribution in [3.63, 3.8) is 0 Å². The average molecular weight is 488 g/mol. The van der Waals surface area contributed by atoms with Gasteiger partial charge in [-0.25, -0.2) is 4.98 Å². The van der Waals surface area contributed by atoms with Crippen LogP contribution in [0.15, 0.2) is 77.1 Å². The molecule has 36 heavy (non-hydrogen) atoms. The molecule has 0 aliphatic rings. The molecule has 1 amide bonds. The number of carbonyl (C=O) groups is 1. The number of rotatable bonds is 12. The summed E-state index contributed by atoms with van der Waals surface area (Å²) in [6.45, 7) is 4.39. The smallest absolute Gasteiger partial charge is 0.272 e. The second-order valence-corrected chi connectivity index (χ2v) is 8.43. The van der Waals surface area contributed by atoms with Crippen molar-refractivity contribution in [3.05, 3.63) is 78.0 Å². The number of amides is 1. The predicted octanol–water partition coefficient (Wildman–Crippen LogP) is 4.51. The van der Waals surface area contributed by atoms with E-state index in [-0.39, 0.29) is 12.3 Å². The normalized spacial score (nSPS) is 11.9. The van der Waals surface area contributed by atoms with Gasteiger partial charge in [-0.3, -0.25) is 4.79 Å². The van der Waals surface area contributed by atoms with Crippen LogP contribution in [0.2, 0.25) is 0 Å². The van der Waals surface area contributed by atoms with Crippen molar-refractivity contribution in [2.24, 2.45) is 15.9 Å². The van der Waals surface area contributed by atoms with Gasteiger partial charge >= 0.3 is 0 Å². The van der Waals surface area contributed by atoms with Crippen LogP contribution in [0, 0.1) is 6.92 Å². The molecule has 0 atom stereocenters. The minimum absolute atomic E-state index is 0.172. The van der Waals surface area contributed by atoms with Gasteiger partial charge in [0.2, 0.25) is 0 Å². The minimum atomic E-state index is -0.410. The molecule has 8 heteroatoms. The Morgan fingerprint density at radius 1 is 1.06 bits per heavy atom. The molecular weight excluding hydrogens is 454 g/mol. The Morgan fingerprint density at radius 3 is 2.64 bits per heavy atom. The zero-order valence-corrected chi connectivity index (χ0v) is 20.8. The van der Waals surface area contributed by atoms with Crippen molar-refractivity contribution in [1.29, 1.82) is 0 Å². The molecule has 3 aromatic rings. The summed E-state index contributed by atoms with van der Waals surface area (Å²) in [5, 5.41) is 19.6. The Kier molecular flexibility index (Phi) is 10.1. The summed E-state index contributed by atoms with van der Waals surface area (Å²) in [7, 11) is 0. The van der Waals surface area contributed by atoms with Crippen LogP contribution in [0.3, 0.4) is 0 Å². The monoisotopic (exact) mass is 487 g/mol. The highest BCUT2D eigenvalue weighted by Gasteiger charge is 2.10. The van der Waals surface area contributed by atoms with Crippen LogP contribution in [0.25, 0.3) is 11.1 Å². The van der Waals surface area contributed by atoms with E-state index in [0.29, 0.717) is 24.7 Å². The third kappa shape index (κ3) is 8.32. The molecule has 0 radical (unpaired) electrons. The topological polar surface area (TPSA) is 122 Å². The summed E-state index contributed by atoms with van der Waals surface area (Å²) in [5.41, 5.74) is 10.1. The molecule has 3 rings (SSSR count). The Bertz CT molecular complexity index is 1210. The molecule has 188 valence electrons. The number of aryl methyl sites for hydroxylation is 1. The molecule has 0 aliphatic carbocycles. The number of aliphatic hydroxyl groups is 1. The first-order chi connectivity index (χ1) is 17.5. The molecule has 0 fully saturated rings. The van der Waals surface area contributed by atoms with Gasteiger partial charge in [-0.1, -0.05) is 36.4 Å². The summed E-state index contributed by atoms with van der Waals surface area (Å²) in [4.78, 5) is 16.9. The van der Waals surface area contributed by atoms with E-state index in [1.165, 1.54) is 0 Å². The Morgan fingerprint density at radius 2 is 1.86 bits per heavy atom. The lowest BCUT2D eigenvalue weighted by molar-refractivity contribution is -0.110. The number of carbonyl (C=O) groups excluding carboxylic acids is 1. The molecule has 2 aromatic carbocycles. The second-order valence-electron chi connectivity index (χ2n) is 8.43. The van der Waals surface area contributed by atoms with Gasteiger partial charge in [0.05, 0.1) is 6.61 Å². The van der Waals surface area contributed by atoms with Crippen molar-refractivity contribution < 1.29 is 14.6 Å². The SMILES string of the molecule is C/C(=N\N=C(/N)Cc1ccccc1)C(=O)Nc1cc(-c2cc(OCCCCCO)ccc2C)ccn1. The Labute approximate surface area is 211 Å². The molecule has 0 saturated carbocycles. The fourth-order valence-corrected chi connectivity index (χ4v) is 3.48. The molecule has 4 N–H and O–H groups in total. The lowest BCUT2D eigenvalue weighted by atomic mass is 10.0. The van der Waals surface area contributed by atoms with Crippen molar-refractivity contribution in [3.8, 4) is 16.9 Å². The summed E-state index contributed by atoms with van der Waals surface area (Å²) in [6, 6.07) is 19.3. The van der Waals surface area contributed by atoms with Gasteiger partial charge in [-0.05, 0) is 79.6 Å². The van der Waals surface area contributed by atoms with E-state index in [9.17, 15) is 4.79 Å². The van der Waals surface area contributed by atoms with E-state index in [1.807, 2.05) is 67.6 Å². The molecule has 0 bridgehead atoms. The number of nitrogens with one attached hydrogen (secondary N) is 1. The molecule has 0 aliphatic heterocycles. The van der Waals surface area contributed by atoms with Crippen molar-refractivity contribution in [1.82, 2.24) is 4.98 Å². The van der Waals surface area contributed by atoms with Crippen LogP contribution in [0.5, 0.6) is 5.75 Å². The number of hydrogen-bond acceptors (Lipinski definition) is 6. The van der Waals surface area contributed by atoms with Gasteiger partial charge < -0.3 is 20.9 Å².